The van der Waals surface area contributed by atoms with Crippen molar-refractivity contribution in [3.63, 3.8) is 0 Å². The molecule has 0 N–H and O–H groups in total. The zero-order chi connectivity index (χ0) is 14.3. The van der Waals surface area contributed by atoms with E-state index in [0.717, 1.165) is 17.9 Å². The summed E-state index contributed by atoms with van der Waals surface area (Å²) in [6, 6.07) is 8.82. The lowest BCUT2D eigenvalue weighted by Crippen LogP contribution is -2.23. The maximum atomic E-state index is 14.0. The third-order valence-corrected chi connectivity index (χ3v) is 3.62. The molecule has 1 unspecified atom stereocenters. The van der Waals surface area contributed by atoms with Crippen molar-refractivity contribution in [1.29, 1.82) is 0 Å². The van der Waals surface area contributed by atoms with Crippen molar-refractivity contribution >= 4 is 0 Å². The Bertz CT molecular complexity index is 628. The van der Waals surface area contributed by atoms with Crippen LogP contribution in [0.25, 0.3) is 0 Å². The summed E-state index contributed by atoms with van der Waals surface area (Å²) in [7, 11) is 0. The minimum absolute atomic E-state index is 0.0237. The number of rotatable bonds is 1. The minimum atomic E-state index is -0.367. The van der Waals surface area contributed by atoms with Gasteiger partial charge in [0.05, 0.1) is 24.5 Å². The lowest BCUT2D eigenvalue weighted by Gasteiger charge is -2.24. The molecule has 0 fully saturated rings. The highest BCUT2D eigenvalue weighted by atomic mass is 19.1. The van der Waals surface area contributed by atoms with Crippen LogP contribution in [-0.2, 0) is 16.7 Å². The van der Waals surface area contributed by atoms with Crippen LogP contribution in [-0.4, -0.2) is 16.4 Å². The van der Waals surface area contributed by atoms with E-state index in [9.17, 15) is 4.39 Å². The van der Waals surface area contributed by atoms with Crippen molar-refractivity contribution < 1.29 is 9.13 Å². The highest BCUT2D eigenvalue weighted by molar-refractivity contribution is 5.30. The fourth-order valence-electron chi connectivity index (χ4n) is 2.47. The first kappa shape index (κ1) is 13.3. The van der Waals surface area contributed by atoms with Crippen LogP contribution in [0.5, 0.6) is 0 Å². The molecule has 1 aromatic heterocycles. The van der Waals surface area contributed by atoms with E-state index in [4.69, 9.17) is 4.74 Å². The van der Waals surface area contributed by atoms with Crippen molar-refractivity contribution in [2.75, 3.05) is 6.61 Å². The molecule has 0 saturated heterocycles. The largest absolute Gasteiger partial charge is 0.365 e. The van der Waals surface area contributed by atoms with Crippen molar-refractivity contribution in [2.45, 2.75) is 38.8 Å². The molecule has 0 spiro atoms. The second kappa shape index (κ2) is 4.70. The summed E-state index contributed by atoms with van der Waals surface area (Å²) >= 11 is 0. The topological polar surface area (TPSA) is 27.1 Å². The van der Waals surface area contributed by atoms with Gasteiger partial charge in [0.2, 0.25) is 0 Å². The number of aromatic nitrogens is 2. The fourth-order valence-corrected chi connectivity index (χ4v) is 2.47. The number of ether oxygens (including phenoxy) is 1. The summed E-state index contributed by atoms with van der Waals surface area (Å²) in [5.74, 6) is -0.232. The van der Waals surface area contributed by atoms with E-state index in [1.807, 2.05) is 16.8 Å². The Labute approximate surface area is 118 Å². The molecule has 20 heavy (non-hydrogen) atoms. The van der Waals surface area contributed by atoms with E-state index >= 15 is 0 Å². The molecule has 1 aromatic carbocycles. The van der Waals surface area contributed by atoms with E-state index < -0.39 is 0 Å². The van der Waals surface area contributed by atoms with Crippen molar-refractivity contribution in [2.24, 2.45) is 0 Å². The summed E-state index contributed by atoms with van der Waals surface area (Å²) in [5.41, 5.74) is 2.50. The van der Waals surface area contributed by atoms with E-state index in [1.165, 1.54) is 6.07 Å². The third kappa shape index (κ3) is 2.24. The Morgan fingerprint density at radius 2 is 2.05 bits per heavy atom. The number of benzene rings is 1. The van der Waals surface area contributed by atoms with Crippen LogP contribution in [0.1, 0.15) is 43.8 Å². The first-order valence-corrected chi connectivity index (χ1v) is 6.91. The van der Waals surface area contributed by atoms with Gasteiger partial charge in [-0.2, -0.15) is 5.10 Å². The highest BCUT2D eigenvalue weighted by Crippen LogP contribution is 2.33. The van der Waals surface area contributed by atoms with Gasteiger partial charge in [-0.1, -0.05) is 39.0 Å². The quantitative estimate of drug-likeness (QED) is 0.796. The monoisotopic (exact) mass is 274 g/mol. The van der Waals surface area contributed by atoms with Crippen LogP contribution in [0.3, 0.4) is 0 Å². The molecular weight excluding hydrogens is 255 g/mol. The molecule has 0 amide bonds. The van der Waals surface area contributed by atoms with Gasteiger partial charge in [-0.15, -0.1) is 0 Å². The first-order chi connectivity index (χ1) is 9.47. The average molecular weight is 274 g/mol. The second-order valence-corrected chi connectivity index (χ2v) is 6.20. The lowest BCUT2D eigenvalue weighted by molar-refractivity contribution is 0.0401. The molecule has 3 rings (SSSR count). The highest BCUT2D eigenvalue weighted by Gasteiger charge is 2.29. The van der Waals surface area contributed by atoms with Gasteiger partial charge in [0.1, 0.15) is 11.9 Å². The summed E-state index contributed by atoms with van der Waals surface area (Å²) in [4.78, 5) is 0. The Morgan fingerprint density at radius 1 is 1.30 bits per heavy atom. The van der Waals surface area contributed by atoms with Crippen LogP contribution < -0.4 is 0 Å². The summed E-state index contributed by atoms with van der Waals surface area (Å²) in [6.07, 6.45) is -0.367. The molecule has 0 saturated carbocycles. The molecule has 1 aliphatic heterocycles. The zero-order valence-corrected chi connectivity index (χ0v) is 12.1. The van der Waals surface area contributed by atoms with E-state index in [0.29, 0.717) is 12.2 Å². The van der Waals surface area contributed by atoms with E-state index in [2.05, 4.69) is 25.9 Å². The van der Waals surface area contributed by atoms with Crippen LogP contribution in [0.15, 0.2) is 30.3 Å². The molecule has 2 aromatic rings. The molecule has 1 aliphatic rings. The van der Waals surface area contributed by atoms with Gasteiger partial charge in [-0.25, -0.2) is 4.39 Å². The Kier molecular flexibility index (Phi) is 3.13. The first-order valence-electron chi connectivity index (χ1n) is 6.91. The number of nitrogens with zero attached hydrogens (tertiary/aromatic N) is 2. The summed E-state index contributed by atoms with van der Waals surface area (Å²) in [5, 5.41) is 4.64. The summed E-state index contributed by atoms with van der Waals surface area (Å²) in [6.45, 7) is 7.65. The molecule has 1 atom stereocenters. The van der Waals surface area contributed by atoms with Gasteiger partial charge >= 0.3 is 0 Å². The van der Waals surface area contributed by atoms with Gasteiger partial charge in [-0.3, -0.25) is 4.68 Å². The molecule has 2 heterocycles. The van der Waals surface area contributed by atoms with Gasteiger partial charge in [0, 0.05) is 11.0 Å². The van der Waals surface area contributed by atoms with Gasteiger partial charge < -0.3 is 4.74 Å². The Morgan fingerprint density at radius 3 is 2.75 bits per heavy atom. The second-order valence-electron chi connectivity index (χ2n) is 6.20. The molecule has 106 valence electrons. The average Bonchev–Trinajstić information content (AvgIpc) is 2.83. The van der Waals surface area contributed by atoms with Crippen LogP contribution in [0, 0.1) is 5.82 Å². The van der Waals surface area contributed by atoms with Gasteiger partial charge in [-0.05, 0) is 12.1 Å². The molecule has 3 nitrogen and oxygen atoms in total. The number of halogens is 1. The summed E-state index contributed by atoms with van der Waals surface area (Å²) < 4.78 is 21.7. The van der Waals surface area contributed by atoms with Gasteiger partial charge in [0.25, 0.3) is 0 Å². The minimum Gasteiger partial charge on any atom is -0.365 e. The Hall–Kier alpha value is -1.68. The van der Waals surface area contributed by atoms with Crippen LogP contribution in [0.4, 0.5) is 4.39 Å². The van der Waals surface area contributed by atoms with Gasteiger partial charge in [0.15, 0.2) is 0 Å². The molecule has 4 heteroatoms. The number of fused-ring (bicyclic) bond motifs is 1. The van der Waals surface area contributed by atoms with Crippen LogP contribution >= 0.6 is 0 Å². The Balaban J connectivity index is 2.06. The molecule has 0 radical (unpaired) electrons. The maximum absolute atomic E-state index is 14.0. The van der Waals surface area contributed by atoms with E-state index in [-0.39, 0.29) is 17.3 Å². The fraction of sp³-hybridized carbons (Fsp3) is 0.438. The zero-order valence-electron chi connectivity index (χ0n) is 12.1. The molecular formula is C16H19FN2O. The van der Waals surface area contributed by atoms with Crippen molar-refractivity contribution in [3.8, 4) is 0 Å². The van der Waals surface area contributed by atoms with Crippen LogP contribution in [0.2, 0.25) is 0 Å². The maximum Gasteiger partial charge on any atom is 0.129 e. The standard InChI is InChI=1S/C16H19FN2O/c1-16(2,3)14-10-13-15(20-9-8-19(13)18-14)11-6-4-5-7-12(11)17/h4-7,10,15H,8-9H2,1-3H3. The van der Waals surface area contributed by atoms with Crippen molar-refractivity contribution in [1.82, 2.24) is 9.78 Å². The number of hydrogen-bond donors (Lipinski definition) is 0. The SMILES string of the molecule is CC(C)(C)c1cc2n(n1)CCOC2c1ccccc1F. The smallest absolute Gasteiger partial charge is 0.129 e. The lowest BCUT2D eigenvalue weighted by atomic mass is 9.91. The molecule has 0 bridgehead atoms. The number of hydrogen-bond acceptors (Lipinski definition) is 2. The van der Waals surface area contributed by atoms with Crippen molar-refractivity contribution in [3.05, 3.63) is 53.1 Å². The third-order valence-electron chi connectivity index (χ3n) is 3.62. The normalized spacial score (nSPS) is 18.9. The predicted octanol–water partition coefficient (Wildman–Crippen LogP) is 3.44. The predicted molar refractivity (Wildman–Crippen MR) is 75.1 cm³/mol. The molecule has 0 aliphatic carbocycles. The van der Waals surface area contributed by atoms with E-state index in [1.54, 1.807) is 12.1 Å².